The van der Waals surface area contributed by atoms with Crippen LogP contribution < -0.4 is 5.32 Å². The van der Waals surface area contributed by atoms with Crippen molar-refractivity contribution in [1.82, 2.24) is 14.4 Å². The van der Waals surface area contributed by atoms with E-state index in [1.54, 1.807) is 29.2 Å². The van der Waals surface area contributed by atoms with Gasteiger partial charge in [0.25, 0.3) is 5.91 Å². The third-order valence-electron chi connectivity index (χ3n) is 5.92. The molecule has 4 rings (SSSR count). The van der Waals surface area contributed by atoms with Crippen LogP contribution in [0, 0.1) is 22.7 Å². The Morgan fingerprint density at radius 2 is 1.64 bits per heavy atom. The maximum atomic E-state index is 12.9. The summed E-state index contributed by atoms with van der Waals surface area (Å²) < 4.78 is 2.12. The van der Waals surface area contributed by atoms with Crippen LogP contribution >= 0.6 is 0 Å². The topological polar surface area (TPSA) is 88.1 Å². The highest BCUT2D eigenvalue weighted by atomic mass is 16.2. The molecule has 0 saturated carbocycles. The highest BCUT2D eigenvalue weighted by molar-refractivity contribution is 5.96. The number of aromatic nitrogens is 1. The lowest BCUT2D eigenvalue weighted by Gasteiger charge is -2.35. The van der Waals surface area contributed by atoms with Crippen LogP contribution in [-0.4, -0.2) is 53.0 Å². The Kier molecular flexibility index (Phi) is 7.04. The molecule has 1 aliphatic rings. The van der Waals surface area contributed by atoms with Gasteiger partial charge in [-0.3, -0.25) is 9.69 Å². The maximum Gasteiger partial charge on any atom is 0.255 e. The molecule has 0 unspecified atom stereocenters. The number of hydrogen-bond acceptors (Lipinski definition) is 5. The van der Waals surface area contributed by atoms with Crippen LogP contribution in [0.15, 0.2) is 67.0 Å². The first-order chi connectivity index (χ1) is 16.2. The Balaban J connectivity index is 1.35. The van der Waals surface area contributed by atoms with Crippen LogP contribution in [0.25, 0.3) is 0 Å². The molecule has 1 aliphatic heterocycles. The minimum absolute atomic E-state index is 0.0987. The number of rotatable bonds is 7. The van der Waals surface area contributed by atoms with Crippen molar-refractivity contribution in [3.63, 3.8) is 0 Å². The van der Waals surface area contributed by atoms with Gasteiger partial charge in [-0.25, -0.2) is 0 Å². The van der Waals surface area contributed by atoms with Crippen LogP contribution in [0.4, 0.5) is 5.69 Å². The summed E-state index contributed by atoms with van der Waals surface area (Å²) in [5.74, 6) is -0.0987. The first kappa shape index (κ1) is 22.1. The van der Waals surface area contributed by atoms with Crippen molar-refractivity contribution in [1.29, 1.82) is 10.5 Å². The Morgan fingerprint density at radius 1 is 0.909 bits per heavy atom. The number of nitrogens with one attached hydrogen (secondary N) is 1. The molecular weight excluding hydrogens is 412 g/mol. The van der Waals surface area contributed by atoms with Crippen LogP contribution in [-0.2, 0) is 13.1 Å². The molecule has 33 heavy (non-hydrogen) atoms. The molecule has 0 atom stereocenters. The Hall–Kier alpha value is -4.07. The van der Waals surface area contributed by atoms with E-state index >= 15 is 0 Å². The van der Waals surface area contributed by atoms with Gasteiger partial charge in [0.2, 0.25) is 0 Å². The highest BCUT2D eigenvalue weighted by Crippen LogP contribution is 2.19. The molecule has 1 saturated heterocycles. The van der Waals surface area contributed by atoms with Crippen LogP contribution in [0.3, 0.4) is 0 Å². The van der Waals surface area contributed by atoms with E-state index in [1.165, 1.54) is 0 Å². The number of carbonyl (C=O) groups excluding carboxylic acids is 1. The molecule has 1 N–H and O–H groups in total. The van der Waals surface area contributed by atoms with Gasteiger partial charge in [0.15, 0.2) is 0 Å². The van der Waals surface area contributed by atoms with Gasteiger partial charge in [0.1, 0.15) is 0 Å². The molecular formula is C26H26N6O. The van der Waals surface area contributed by atoms with E-state index in [-0.39, 0.29) is 5.91 Å². The quantitative estimate of drug-likeness (QED) is 0.612. The van der Waals surface area contributed by atoms with Crippen molar-refractivity contribution in [2.45, 2.75) is 13.1 Å². The summed E-state index contributed by atoms with van der Waals surface area (Å²) in [6, 6.07) is 21.2. The van der Waals surface area contributed by atoms with E-state index in [0.29, 0.717) is 36.3 Å². The van der Waals surface area contributed by atoms with E-state index in [9.17, 15) is 15.3 Å². The van der Waals surface area contributed by atoms with Gasteiger partial charge in [-0.2, -0.15) is 10.5 Å². The fourth-order valence-corrected chi connectivity index (χ4v) is 4.08. The number of carbonyl (C=O) groups is 1. The zero-order valence-corrected chi connectivity index (χ0v) is 18.4. The van der Waals surface area contributed by atoms with E-state index in [0.717, 1.165) is 37.4 Å². The van der Waals surface area contributed by atoms with Crippen molar-refractivity contribution in [2.75, 3.05) is 38.0 Å². The average Bonchev–Trinajstić information content (AvgIpc) is 3.38. The van der Waals surface area contributed by atoms with Crippen molar-refractivity contribution in [3.8, 4) is 12.1 Å². The molecule has 166 valence electrons. The fourth-order valence-electron chi connectivity index (χ4n) is 4.08. The lowest BCUT2D eigenvalue weighted by Crippen LogP contribution is -2.48. The number of amides is 1. The van der Waals surface area contributed by atoms with Crippen LogP contribution in [0.2, 0.25) is 0 Å². The smallest absolute Gasteiger partial charge is 0.255 e. The van der Waals surface area contributed by atoms with Gasteiger partial charge < -0.3 is 14.8 Å². The molecule has 1 aromatic heterocycles. The zero-order valence-electron chi connectivity index (χ0n) is 18.4. The first-order valence-electron chi connectivity index (χ1n) is 11.1. The average molecular weight is 439 g/mol. The second kappa shape index (κ2) is 10.5. The van der Waals surface area contributed by atoms with Crippen LogP contribution in [0.1, 0.15) is 27.0 Å². The predicted molar refractivity (Wildman–Crippen MR) is 126 cm³/mol. The van der Waals surface area contributed by atoms with Crippen molar-refractivity contribution in [3.05, 3.63) is 89.2 Å². The van der Waals surface area contributed by atoms with Crippen molar-refractivity contribution in [2.24, 2.45) is 0 Å². The molecule has 7 nitrogen and oxygen atoms in total. The van der Waals surface area contributed by atoms with Gasteiger partial charge >= 0.3 is 0 Å². The molecule has 0 aliphatic carbocycles. The fraction of sp³-hybridized carbons (Fsp3) is 0.269. The highest BCUT2D eigenvalue weighted by Gasteiger charge is 2.24. The molecule has 1 amide bonds. The lowest BCUT2D eigenvalue weighted by atomic mass is 10.1. The Labute approximate surface area is 194 Å². The monoisotopic (exact) mass is 438 g/mol. The molecule has 0 radical (unpaired) electrons. The summed E-state index contributed by atoms with van der Waals surface area (Å²) in [5, 5.41) is 22.3. The SMILES string of the molecule is N#Cc1ccc(NCCn2cccc2)cc1CN1CCN(C(=O)c2ccccc2C#N)CC1. The standard InChI is InChI=1S/C26H26N6O/c27-18-21-7-8-24(29-9-12-30-10-3-4-11-30)17-23(21)20-31-13-15-32(16-14-31)26(33)25-6-2-1-5-22(25)19-28/h1-8,10-11,17,29H,9,12-16,20H2. The second-order valence-electron chi connectivity index (χ2n) is 8.06. The zero-order chi connectivity index (χ0) is 23.0. The summed E-state index contributed by atoms with van der Waals surface area (Å²) in [4.78, 5) is 16.9. The number of nitrogens with zero attached hydrogens (tertiary/aromatic N) is 5. The van der Waals surface area contributed by atoms with Gasteiger partial charge in [-0.05, 0) is 48.0 Å². The number of benzene rings is 2. The maximum absolute atomic E-state index is 12.9. The van der Waals surface area contributed by atoms with E-state index in [2.05, 4.69) is 33.0 Å². The Bertz CT molecular complexity index is 1180. The molecule has 2 aromatic carbocycles. The van der Waals surface area contributed by atoms with Gasteiger partial charge in [-0.15, -0.1) is 0 Å². The lowest BCUT2D eigenvalue weighted by molar-refractivity contribution is 0.0628. The van der Waals surface area contributed by atoms with E-state index < -0.39 is 0 Å². The largest absolute Gasteiger partial charge is 0.383 e. The van der Waals surface area contributed by atoms with Crippen molar-refractivity contribution >= 4 is 11.6 Å². The van der Waals surface area contributed by atoms with Crippen molar-refractivity contribution < 1.29 is 4.79 Å². The first-order valence-corrected chi connectivity index (χ1v) is 11.1. The van der Waals surface area contributed by atoms with Gasteiger partial charge in [-0.1, -0.05) is 12.1 Å². The molecule has 7 heteroatoms. The third kappa shape index (κ3) is 5.41. The number of hydrogen-bond donors (Lipinski definition) is 1. The normalized spacial score (nSPS) is 13.8. The summed E-state index contributed by atoms with van der Waals surface area (Å²) >= 11 is 0. The van der Waals surface area contributed by atoms with E-state index in [4.69, 9.17) is 0 Å². The molecule has 2 heterocycles. The molecule has 0 bridgehead atoms. The summed E-state index contributed by atoms with van der Waals surface area (Å²) in [5.41, 5.74) is 3.52. The number of piperazine rings is 1. The third-order valence-corrected chi connectivity index (χ3v) is 5.92. The number of nitriles is 2. The van der Waals surface area contributed by atoms with Gasteiger partial charge in [0, 0.05) is 63.9 Å². The summed E-state index contributed by atoms with van der Waals surface area (Å²) in [6.45, 7) is 4.95. The molecule has 1 fully saturated rings. The van der Waals surface area contributed by atoms with E-state index in [1.807, 2.05) is 36.7 Å². The molecule has 0 spiro atoms. The minimum atomic E-state index is -0.0987. The summed E-state index contributed by atoms with van der Waals surface area (Å²) in [6.07, 6.45) is 4.07. The second-order valence-corrected chi connectivity index (χ2v) is 8.06. The Morgan fingerprint density at radius 3 is 2.36 bits per heavy atom. The molecule has 3 aromatic rings. The minimum Gasteiger partial charge on any atom is -0.383 e. The predicted octanol–water partition coefficient (Wildman–Crippen LogP) is 3.30. The van der Waals surface area contributed by atoms with Gasteiger partial charge in [0.05, 0.1) is 28.8 Å². The van der Waals surface area contributed by atoms with Crippen LogP contribution in [0.5, 0.6) is 0 Å². The number of anilines is 1. The summed E-state index contributed by atoms with van der Waals surface area (Å²) in [7, 11) is 0.